The molecule has 37 heavy (non-hydrogen) atoms. The number of pyridine rings is 2. The lowest BCUT2D eigenvalue weighted by Gasteiger charge is -2.27. The Bertz CT molecular complexity index is 1390. The van der Waals surface area contributed by atoms with E-state index < -0.39 is 28.9 Å². The molecule has 194 valence electrons. The van der Waals surface area contributed by atoms with E-state index in [4.69, 9.17) is 16.3 Å². The second kappa shape index (κ2) is 10.6. The molecule has 1 fully saturated rings. The Morgan fingerprint density at radius 1 is 1.19 bits per heavy atom. The highest BCUT2D eigenvalue weighted by atomic mass is 35.5. The summed E-state index contributed by atoms with van der Waals surface area (Å²) >= 11 is 6.12. The van der Waals surface area contributed by atoms with E-state index in [1.165, 1.54) is 24.4 Å². The number of amides is 3. The predicted octanol–water partition coefficient (Wildman–Crippen LogP) is 3.89. The SMILES string of the molecule is CC(C)(C)OC(=O)NN(Cc1cccnc1)C(=O)c1c(C(=O)N2CCCC2)[nH]c2cc(Cl)ccc2c1=O. The number of nitrogens with zero attached hydrogens (tertiary/aromatic N) is 3. The second-order valence-electron chi connectivity index (χ2n) is 9.76. The number of H-pyrrole nitrogens is 1. The van der Waals surface area contributed by atoms with Crippen LogP contribution in [-0.4, -0.2) is 56.5 Å². The van der Waals surface area contributed by atoms with Crippen LogP contribution in [0.2, 0.25) is 5.02 Å². The molecule has 4 rings (SSSR count). The van der Waals surface area contributed by atoms with E-state index in [0.29, 0.717) is 29.2 Å². The van der Waals surface area contributed by atoms with E-state index in [1.54, 1.807) is 44.0 Å². The molecular weight excluding hydrogens is 498 g/mol. The Hall–Kier alpha value is -3.92. The summed E-state index contributed by atoms with van der Waals surface area (Å²) in [5.41, 5.74) is 1.33. The van der Waals surface area contributed by atoms with Crippen LogP contribution in [0.1, 0.15) is 60.0 Å². The minimum Gasteiger partial charge on any atom is -0.443 e. The largest absolute Gasteiger partial charge is 0.443 e. The van der Waals surface area contributed by atoms with Gasteiger partial charge in [0.15, 0.2) is 0 Å². The zero-order valence-electron chi connectivity index (χ0n) is 20.8. The predicted molar refractivity (Wildman–Crippen MR) is 138 cm³/mol. The molecule has 1 aromatic carbocycles. The molecule has 0 bridgehead atoms. The van der Waals surface area contributed by atoms with Crippen molar-refractivity contribution in [2.24, 2.45) is 0 Å². The lowest BCUT2D eigenvalue weighted by atomic mass is 10.1. The number of fused-ring (bicyclic) bond motifs is 1. The molecule has 1 aliphatic heterocycles. The summed E-state index contributed by atoms with van der Waals surface area (Å²) in [7, 11) is 0. The fourth-order valence-electron chi connectivity index (χ4n) is 4.09. The van der Waals surface area contributed by atoms with E-state index in [1.807, 2.05) is 0 Å². The molecule has 3 aromatic rings. The standard InChI is InChI=1S/C26H28ClN5O5/c1-26(2,3)37-25(36)30-32(15-16-7-6-10-28-14-16)23(34)20-21(24(35)31-11-4-5-12-31)29-19-13-17(27)8-9-18(19)22(20)33/h6-10,13-14H,4-5,11-12,15H2,1-3H3,(H,29,33)(H,30,36). The van der Waals surface area contributed by atoms with Crippen molar-refractivity contribution in [2.45, 2.75) is 45.8 Å². The van der Waals surface area contributed by atoms with Crippen molar-refractivity contribution in [3.63, 3.8) is 0 Å². The van der Waals surface area contributed by atoms with Crippen LogP contribution in [0.25, 0.3) is 10.9 Å². The van der Waals surface area contributed by atoms with Gasteiger partial charge in [0, 0.05) is 35.9 Å². The Kier molecular flexibility index (Phi) is 7.49. The van der Waals surface area contributed by atoms with Gasteiger partial charge in [0.05, 0.1) is 12.1 Å². The molecule has 0 aliphatic carbocycles. The quantitative estimate of drug-likeness (QED) is 0.498. The molecule has 11 heteroatoms. The number of carbonyl (C=O) groups excluding carboxylic acids is 3. The summed E-state index contributed by atoms with van der Waals surface area (Å²) in [5.74, 6) is -1.34. The van der Waals surface area contributed by atoms with Crippen LogP contribution >= 0.6 is 11.6 Å². The van der Waals surface area contributed by atoms with E-state index in [-0.39, 0.29) is 23.2 Å². The lowest BCUT2D eigenvalue weighted by Crippen LogP contribution is -2.49. The highest BCUT2D eigenvalue weighted by Crippen LogP contribution is 2.21. The molecule has 2 N–H and O–H groups in total. The third kappa shape index (κ3) is 6.08. The molecule has 2 aromatic heterocycles. The summed E-state index contributed by atoms with van der Waals surface area (Å²) in [6, 6.07) is 7.94. The maximum Gasteiger partial charge on any atom is 0.426 e. The number of aromatic nitrogens is 2. The number of carbonyl (C=O) groups is 3. The number of nitrogens with one attached hydrogen (secondary N) is 2. The number of aromatic amines is 1. The van der Waals surface area contributed by atoms with Crippen molar-refractivity contribution in [2.75, 3.05) is 13.1 Å². The maximum atomic E-state index is 13.9. The van der Waals surface area contributed by atoms with Gasteiger partial charge in [0.1, 0.15) is 16.9 Å². The zero-order valence-corrected chi connectivity index (χ0v) is 21.6. The van der Waals surface area contributed by atoms with Crippen LogP contribution in [0, 0.1) is 0 Å². The molecule has 10 nitrogen and oxygen atoms in total. The number of benzene rings is 1. The first-order valence-electron chi connectivity index (χ1n) is 11.9. The van der Waals surface area contributed by atoms with Crippen LogP contribution in [0.15, 0.2) is 47.5 Å². The van der Waals surface area contributed by atoms with Crippen molar-refractivity contribution in [3.8, 4) is 0 Å². The summed E-state index contributed by atoms with van der Waals surface area (Å²) in [6.45, 7) is 5.96. The van der Waals surface area contributed by atoms with Gasteiger partial charge in [-0.1, -0.05) is 17.7 Å². The summed E-state index contributed by atoms with van der Waals surface area (Å²) in [5, 5.41) is 1.51. The number of hydrogen-bond acceptors (Lipinski definition) is 6. The molecule has 0 radical (unpaired) electrons. The molecule has 1 saturated heterocycles. The average Bonchev–Trinajstić information content (AvgIpc) is 3.37. The van der Waals surface area contributed by atoms with Crippen molar-refractivity contribution < 1.29 is 19.1 Å². The Morgan fingerprint density at radius 3 is 2.57 bits per heavy atom. The van der Waals surface area contributed by atoms with E-state index in [2.05, 4.69) is 15.4 Å². The first-order chi connectivity index (χ1) is 17.5. The van der Waals surface area contributed by atoms with Crippen LogP contribution in [0.3, 0.4) is 0 Å². The topological polar surface area (TPSA) is 125 Å². The number of ether oxygens (including phenoxy) is 1. The van der Waals surface area contributed by atoms with Gasteiger partial charge in [-0.05, 0) is 63.4 Å². The Labute approximate surface area is 218 Å². The van der Waals surface area contributed by atoms with Crippen LogP contribution < -0.4 is 10.9 Å². The molecule has 3 amide bonds. The third-order valence-corrected chi connectivity index (χ3v) is 5.95. The first-order valence-corrected chi connectivity index (χ1v) is 12.3. The summed E-state index contributed by atoms with van der Waals surface area (Å²) < 4.78 is 5.33. The van der Waals surface area contributed by atoms with E-state index in [9.17, 15) is 19.2 Å². The Balaban J connectivity index is 1.82. The first kappa shape index (κ1) is 26.2. The van der Waals surface area contributed by atoms with Crippen molar-refractivity contribution in [1.29, 1.82) is 0 Å². The molecule has 1 aliphatic rings. The monoisotopic (exact) mass is 525 g/mol. The van der Waals surface area contributed by atoms with Gasteiger partial charge in [-0.25, -0.2) is 15.2 Å². The number of rotatable bonds is 4. The van der Waals surface area contributed by atoms with Gasteiger partial charge in [-0.2, -0.15) is 0 Å². The maximum absolute atomic E-state index is 13.9. The number of halogens is 1. The van der Waals surface area contributed by atoms with Gasteiger partial charge in [-0.15, -0.1) is 0 Å². The summed E-state index contributed by atoms with van der Waals surface area (Å²) in [4.78, 5) is 62.3. The minimum absolute atomic E-state index is 0.124. The molecule has 0 spiro atoms. The highest BCUT2D eigenvalue weighted by molar-refractivity contribution is 6.31. The van der Waals surface area contributed by atoms with Gasteiger partial charge < -0.3 is 14.6 Å². The highest BCUT2D eigenvalue weighted by Gasteiger charge is 2.32. The van der Waals surface area contributed by atoms with Crippen LogP contribution in [0.4, 0.5) is 4.79 Å². The molecule has 0 saturated carbocycles. The molecule has 0 atom stereocenters. The molecule has 3 heterocycles. The van der Waals surface area contributed by atoms with Crippen molar-refractivity contribution in [3.05, 3.63) is 74.8 Å². The fraction of sp³-hybridized carbons (Fsp3) is 0.346. The smallest absolute Gasteiger partial charge is 0.426 e. The number of hydrazine groups is 1. The summed E-state index contributed by atoms with van der Waals surface area (Å²) in [6.07, 6.45) is 3.86. The minimum atomic E-state index is -0.888. The third-order valence-electron chi connectivity index (χ3n) is 5.72. The van der Waals surface area contributed by atoms with Gasteiger partial charge in [-0.3, -0.25) is 19.4 Å². The Morgan fingerprint density at radius 2 is 1.92 bits per heavy atom. The molecule has 0 unspecified atom stereocenters. The van der Waals surface area contributed by atoms with E-state index in [0.717, 1.165) is 17.9 Å². The van der Waals surface area contributed by atoms with Gasteiger partial charge in [0.2, 0.25) is 5.43 Å². The van der Waals surface area contributed by atoms with Crippen molar-refractivity contribution >= 4 is 40.4 Å². The lowest BCUT2D eigenvalue weighted by molar-refractivity contribution is 0.0280. The normalized spacial score (nSPS) is 13.5. The van der Waals surface area contributed by atoms with Crippen LogP contribution in [-0.2, 0) is 11.3 Å². The van der Waals surface area contributed by atoms with Crippen LogP contribution in [0.5, 0.6) is 0 Å². The van der Waals surface area contributed by atoms with Crippen molar-refractivity contribution in [1.82, 2.24) is 25.3 Å². The van der Waals surface area contributed by atoms with Gasteiger partial charge >= 0.3 is 6.09 Å². The van der Waals surface area contributed by atoms with E-state index >= 15 is 0 Å². The second-order valence-corrected chi connectivity index (χ2v) is 10.2. The molecular formula is C26H28ClN5O5. The van der Waals surface area contributed by atoms with Gasteiger partial charge in [0.25, 0.3) is 11.8 Å². The average molecular weight is 526 g/mol. The number of likely N-dealkylation sites (tertiary alicyclic amines) is 1. The fourth-order valence-corrected chi connectivity index (χ4v) is 4.26. The zero-order chi connectivity index (χ0) is 26.7. The number of hydrogen-bond donors (Lipinski definition) is 2.